The fraction of sp³-hybridized carbons (Fsp3) is 0.133. The summed E-state index contributed by atoms with van der Waals surface area (Å²) in [6, 6.07) is 9.10. The monoisotopic (exact) mass is 435 g/mol. The number of hydrogen-bond donors (Lipinski definition) is 0. The van der Waals surface area contributed by atoms with Crippen LogP contribution in [0.15, 0.2) is 53.6 Å². The van der Waals surface area contributed by atoms with Crippen LogP contribution in [0.2, 0.25) is 0 Å². The van der Waals surface area contributed by atoms with E-state index in [0.717, 1.165) is 15.7 Å². The second-order valence-electron chi connectivity index (χ2n) is 4.96. The van der Waals surface area contributed by atoms with Crippen LogP contribution >= 0.6 is 39.0 Å². The molecule has 126 valence electrons. The summed E-state index contributed by atoms with van der Waals surface area (Å²) in [6.07, 6.45) is 0.699. The third-order valence-corrected chi connectivity index (χ3v) is 5.82. The zero-order chi connectivity index (χ0) is 17.4. The van der Waals surface area contributed by atoms with E-state index in [1.807, 2.05) is 31.2 Å². The molecule has 1 aromatic carbocycles. The minimum absolute atomic E-state index is 0.190. The van der Waals surface area contributed by atoms with Gasteiger partial charge < -0.3 is 4.42 Å². The first-order valence-electron chi connectivity index (χ1n) is 7.30. The second kappa shape index (κ2) is 6.70. The van der Waals surface area contributed by atoms with E-state index in [0.29, 0.717) is 26.8 Å². The lowest BCUT2D eigenvalue weighted by atomic mass is 10.2. The average Bonchev–Trinajstić information content (AvgIpc) is 3.22. The van der Waals surface area contributed by atoms with Gasteiger partial charge in [-0.2, -0.15) is 4.52 Å². The number of nitrogens with zero attached hydrogens (tertiary/aromatic N) is 5. The lowest BCUT2D eigenvalue weighted by Crippen LogP contribution is -2.14. The molecule has 0 amide bonds. The molecule has 4 rings (SSSR count). The largest absolute Gasteiger partial charge is 0.411 e. The molecule has 0 saturated carbocycles. The summed E-state index contributed by atoms with van der Waals surface area (Å²) in [7, 11) is 0. The summed E-state index contributed by atoms with van der Waals surface area (Å²) in [4.78, 5) is 17.0. The molecule has 0 atom stereocenters. The summed E-state index contributed by atoms with van der Waals surface area (Å²) in [5, 5.41) is 12.7. The van der Waals surface area contributed by atoms with Crippen molar-refractivity contribution >= 4 is 44.0 Å². The maximum Gasteiger partial charge on any atom is 0.284 e. The Labute approximate surface area is 158 Å². The van der Waals surface area contributed by atoms with Crippen molar-refractivity contribution in [1.29, 1.82) is 0 Å². The van der Waals surface area contributed by atoms with Crippen molar-refractivity contribution in [2.24, 2.45) is 0 Å². The molecule has 0 spiro atoms. The van der Waals surface area contributed by atoms with Gasteiger partial charge in [0.1, 0.15) is 0 Å². The van der Waals surface area contributed by atoms with Crippen molar-refractivity contribution in [3.8, 4) is 11.5 Å². The number of fused-ring (bicyclic) bond motifs is 1. The van der Waals surface area contributed by atoms with Gasteiger partial charge in [-0.1, -0.05) is 30.4 Å². The zero-order valence-corrected chi connectivity index (χ0v) is 16.1. The molecular weight excluding hydrogens is 426 g/mol. The van der Waals surface area contributed by atoms with E-state index in [1.165, 1.54) is 33.7 Å². The number of benzene rings is 1. The SMILES string of the molecule is CCc1cc(=O)n2nc(Sc3nnc(-c4ccccc4Br)o3)sc2n1. The quantitative estimate of drug-likeness (QED) is 0.483. The van der Waals surface area contributed by atoms with Crippen LogP contribution in [0.5, 0.6) is 0 Å². The van der Waals surface area contributed by atoms with Gasteiger partial charge >= 0.3 is 0 Å². The molecule has 0 radical (unpaired) electrons. The van der Waals surface area contributed by atoms with Crippen molar-refractivity contribution in [2.45, 2.75) is 22.9 Å². The van der Waals surface area contributed by atoms with E-state index >= 15 is 0 Å². The lowest BCUT2D eigenvalue weighted by molar-refractivity contribution is 0.465. The molecule has 0 aliphatic heterocycles. The number of rotatable bonds is 4. The molecule has 0 aliphatic rings. The van der Waals surface area contributed by atoms with Crippen molar-refractivity contribution < 1.29 is 4.42 Å². The molecule has 0 N–H and O–H groups in total. The standard InChI is InChI=1S/C15H10BrN5O2S2/c1-2-8-7-11(22)21-13(17-8)24-15(20-21)25-14-19-18-12(23-14)9-5-3-4-6-10(9)16/h3-7H,2H2,1H3. The van der Waals surface area contributed by atoms with E-state index in [9.17, 15) is 4.79 Å². The Balaban J connectivity index is 1.65. The first-order valence-corrected chi connectivity index (χ1v) is 9.72. The molecule has 10 heteroatoms. The molecule has 0 fully saturated rings. The van der Waals surface area contributed by atoms with Gasteiger partial charge in [-0.05, 0) is 34.5 Å². The molecule has 3 aromatic heterocycles. The van der Waals surface area contributed by atoms with Crippen LogP contribution in [0.1, 0.15) is 12.6 Å². The molecule has 3 heterocycles. The van der Waals surface area contributed by atoms with Crippen LogP contribution in [-0.2, 0) is 6.42 Å². The highest BCUT2D eigenvalue weighted by Gasteiger charge is 2.15. The van der Waals surface area contributed by atoms with Gasteiger partial charge in [0, 0.05) is 28.0 Å². The third kappa shape index (κ3) is 3.24. The summed E-state index contributed by atoms with van der Waals surface area (Å²) >= 11 is 5.98. The third-order valence-electron chi connectivity index (χ3n) is 3.33. The van der Waals surface area contributed by atoms with Crippen molar-refractivity contribution in [2.75, 3.05) is 0 Å². The van der Waals surface area contributed by atoms with Crippen LogP contribution in [-0.4, -0.2) is 24.8 Å². The molecule has 0 bridgehead atoms. The van der Waals surface area contributed by atoms with E-state index in [4.69, 9.17) is 4.42 Å². The van der Waals surface area contributed by atoms with Crippen molar-refractivity contribution in [1.82, 2.24) is 24.8 Å². The summed E-state index contributed by atoms with van der Waals surface area (Å²) < 4.78 is 8.47. The van der Waals surface area contributed by atoms with E-state index in [2.05, 4.69) is 36.2 Å². The molecule has 0 unspecified atom stereocenters. The molecule has 4 aromatic rings. The summed E-state index contributed by atoms with van der Waals surface area (Å²) in [5.74, 6) is 0.416. The Morgan fingerprint density at radius 1 is 1.32 bits per heavy atom. The fourth-order valence-corrected chi connectivity index (χ4v) is 4.32. The molecule has 7 nitrogen and oxygen atoms in total. The number of halogens is 1. The minimum Gasteiger partial charge on any atom is -0.411 e. The maximum atomic E-state index is 12.1. The normalized spacial score (nSPS) is 11.3. The van der Waals surface area contributed by atoms with E-state index in [1.54, 1.807) is 0 Å². The van der Waals surface area contributed by atoms with Crippen LogP contribution in [0, 0.1) is 0 Å². The highest BCUT2D eigenvalue weighted by Crippen LogP contribution is 2.33. The summed E-state index contributed by atoms with van der Waals surface area (Å²) in [6.45, 7) is 1.96. The van der Waals surface area contributed by atoms with Gasteiger partial charge in [0.25, 0.3) is 10.8 Å². The number of aromatic nitrogens is 5. The van der Waals surface area contributed by atoms with E-state index in [-0.39, 0.29) is 5.56 Å². The van der Waals surface area contributed by atoms with Crippen LogP contribution in [0.25, 0.3) is 16.4 Å². The first kappa shape index (κ1) is 16.4. The molecule has 25 heavy (non-hydrogen) atoms. The van der Waals surface area contributed by atoms with Crippen LogP contribution in [0.3, 0.4) is 0 Å². The molecular formula is C15H10BrN5O2S2. The highest BCUT2D eigenvalue weighted by molar-refractivity contribution is 9.10. The van der Waals surface area contributed by atoms with Gasteiger partial charge in [-0.15, -0.1) is 15.3 Å². The molecule has 0 aliphatic carbocycles. The average molecular weight is 436 g/mol. The molecule has 0 saturated heterocycles. The Morgan fingerprint density at radius 3 is 2.96 bits per heavy atom. The fourth-order valence-electron chi connectivity index (χ4n) is 2.13. The topological polar surface area (TPSA) is 86.2 Å². The van der Waals surface area contributed by atoms with Crippen molar-refractivity contribution in [3.63, 3.8) is 0 Å². The van der Waals surface area contributed by atoms with Crippen molar-refractivity contribution in [3.05, 3.63) is 50.9 Å². The van der Waals surface area contributed by atoms with Gasteiger partial charge in [-0.25, -0.2) is 4.98 Å². The Bertz CT molecular complexity index is 1120. The Morgan fingerprint density at radius 2 is 2.16 bits per heavy atom. The maximum absolute atomic E-state index is 12.1. The van der Waals surface area contributed by atoms with Crippen LogP contribution in [0.4, 0.5) is 0 Å². The smallest absolute Gasteiger partial charge is 0.284 e. The first-order chi connectivity index (χ1) is 12.1. The van der Waals surface area contributed by atoms with Gasteiger partial charge in [0.15, 0.2) is 4.34 Å². The number of aryl methyl sites for hydroxylation is 1. The van der Waals surface area contributed by atoms with Gasteiger partial charge in [0.2, 0.25) is 10.9 Å². The predicted octanol–water partition coefficient (Wildman–Crippen LogP) is 3.68. The van der Waals surface area contributed by atoms with Gasteiger partial charge in [0.05, 0.1) is 5.56 Å². The van der Waals surface area contributed by atoms with Gasteiger partial charge in [-0.3, -0.25) is 4.79 Å². The highest BCUT2D eigenvalue weighted by atomic mass is 79.9. The zero-order valence-electron chi connectivity index (χ0n) is 12.8. The Hall–Kier alpha value is -2.04. The minimum atomic E-state index is -0.190. The number of hydrogen-bond acceptors (Lipinski definition) is 8. The summed E-state index contributed by atoms with van der Waals surface area (Å²) in [5.41, 5.74) is 1.38. The Kier molecular flexibility index (Phi) is 4.40. The lowest BCUT2D eigenvalue weighted by Gasteiger charge is -1.96. The van der Waals surface area contributed by atoms with E-state index < -0.39 is 0 Å². The van der Waals surface area contributed by atoms with Crippen LogP contribution < -0.4 is 5.56 Å². The second-order valence-corrected chi connectivity index (χ2v) is 7.97. The predicted molar refractivity (Wildman–Crippen MR) is 98.1 cm³/mol.